The monoisotopic (exact) mass is 821 g/mol. The number of hydrogen-bond donors (Lipinski definition) is 4. The minimum Gasteiger partial charge on any atom is -0.457 e. The zero-order valence-electron chi connectivity index (χ0n) is 32.2. The van der Waals surface area contributed by atoms with Crippen LogP contribution in [0.2, 0.25) is 0 Å². The number of benzene rings is 4. The zero-order chi connectivity index (χ0) is 42.7. The van der Waals surface area contributed by atoms with Gasteiger partial charge in [0, 0.05) is 29.9 Å². The van der Waals surface area contributed by atoms with Gasteiger partial charge in [-0.1, -0.05) is 18.2 Å². The number of anilines is 2. The van der Waals surface area contributed by atoms with Crippen molar-refractivity contribution in [1.82, 2.24) is 20.3 Å². The fourth-order valence-electron chi connectivity index (χ4n) is 6.25. The van der Waals surface area contributed by atoms with Gasteiger partial charge in [0.05, 0.1) is 18.0 Å². The van der Waals surface area contributed by atoms with Gasteiger partial charge in [-0.3, -0.25) is 19.5 Å². The van der Waals surface area contributed by atoms with E-state index in [4.69, 9.17) is 20.2 Å². The summed E-state index contributed by atoms with van der Waals surface area (Å²) in [4.78, 5) is 55.8. The molecule has 0 bridgehead atoms. The highest BCUT2D eigenvalue weighted by atomic mass is 19.1. The summed E-state index contributed by atoms with van der Waals surface area (Å²) in [5.74, 6) is -0.230. The Hall–Kier alpha value is -8.04. The van der Waals surface area contributed by atoms with Crippen molar-refractivity contribution in [3.63, 3.8) is 0 Å². The molecule has 0 aliphatic carbocycles. The highest BCUT2D eigenvalue weighted by molar-refractivity contribution is 6.07. The normalized spacial score (nSPS) is 11.8. The van der Waals surface area contributed by atoms with Gasteiger partial charge in [-0.2, -0.15) is 0 Å². The predicted molar refractivity (Wildman–Crippen MR) is 224 cm³/mol. The van der Waals surface area contributed by atoms with Crippen molar-refractivity contribution >= 4 is 29.5 Å². The number of rotatable bonds is 15. The minimum atomic E-state index is -1.55. The van der Waals surface area contributed by atoms with E-state index in [9.17, 15) is 28.3 Å². The number of halogens is 2. The number of carbonyl (C=O) groups excluding carboxylic acids is 3. The Bertz CT molecular complexity index is 2600. The van der Waals surface area contributed by atoms with E-state index in [1.807, 2.05) is 0 Å². The van der Waals surface area contributed by atoms with Crippen LogP contribution in [0.1, 0.15) is 5.56 Å². The third-order valence-corrected chi connectivity index (χ3v) is 9.18. The highest BCUT2D eigenvalue weighted by Gasteiger charge is 2.37. The number of hydrogen-bond acceptors (Lipinski definition) is 9. The largest absolute Gasteiger partial charge is 0.457 e. The topological polar surface area (TPSA) is 182 Å². The number of aliphatic hydroxyl groups excluding tert-OH is 1. The molecule has 306 valence electrons. The smallest absolute Gasteiger partial charge is 0.312 e. The number of nitrogens with two attached hydrogens (primary N) is 1. The van der Waals surface area contributed by atoms with Crippen LogP contribution in [0, 0.1) is 11.6 Å². The molecule has 0 saturated heterocycles. The number of ether oxygens (including phenoxy) is 2. The van der Waals surface area contributed by atoms with E-state index in [1.54, 1.807) is 103 Å². The van der Waals surface area contributed by atoms with Crippen LogP contribution >= 0.6 is 0 Å². The molecule has 61 heavy (non-hydrogen) atoms. The summed E-state index contributed by atoms with van der Waals surface area (Å²) in [5, 5.41) is 15.4. The van der Waals surface area contributed by atoms with Crippen molar-refractivity contribution in [2.45, 2.75) is 18.5 Å². The van der Waals surface area contributed by atoms with E-state index < -0.39 is 42.4 Å². The molecule has 7 aromatic rings. The molecule has 0 fully saturated rings. The maximum absolute atomic E-state index is 14.6. The van der Waals surface area contributed by atoms with Crippen molar-refractivity contribution in [3.8, 4) is 45.5 Å². The Labute approximate surface area is 348 Å². The lowest BCUT2D eigenvalue weighted by Crippen LogP contribution is -2.58. The number of urea groups is 1. The van der Waals surface area contributed by atoms with Crippen LogP contribution in [0.5, 0.6) is 23.0 Å². The van der Waals surface area contributed by atoms with E-state index in [2.05, 4.69) is 20.6 Å². The first-order valence-electron chi connectivity index (χ1n) is 18.8. The van der Waals surface area contributed by atoms with Crippen LogP contribution in [0.15, 0.2) is 158 Å². The van der Waals surface area contributed by atoms with E-state index in [1.165, 1.54) is 54.6 Å². The lowest BCUT2D eigenvalue weighted by atomic mass is 10.0. The SMILES string of the molecule is NC(=O)N[C@@H](CO)C(=O)N(c1cccc(-c2ccc(Oc3ccc(F)cc3)cc2)n1)[C@@H](Cc1cccnc1)C(=O)Nc1cccc(-c2ccc(Oc3ccc(F)cc3)cc2)n1. The molecule has 7 rings (SSSR count). The molecule has 3 aromatic heterocycles. The maximum atomic E-state index is 14.6. The first-order valence-corrected chi connectivity index (χ1v) is 18.8. The molecule has 2 atom stereocenters. The molecule has 4 amide bonds. The fraction of sp³-hybridized carbons (Fsp3) is 0.0870. The van der Waals surface area contributed by atoms with Gasteiger partial charge in [-0.05, 0) is 133 Å². The van der Waals surface area contributed by atoms with Gasteiger partial charge >= 0.3 is 6.03 Å². The number of amides is 4. The molecule has 0 spiro atoms. The quantitative estimate of drug-likeness (QED) is 0.0807. The van der Waals surface area contributed by atoms with Crippen molar-refractivity contribution in [3.05, 3.63) is 175 Å². The number of nitrogens with one attached hydrogen (secondary N) is 2. The zero-order valence-corrected chi connectivity index (χ0v) is 32.2. The van der Waals surface area contributed by atoms with Gasteiger partial charge in [-0.15, -0.1) is 0 Å². The molecule has 5 N–H and O–H groups in total. The molecule has 0 radical (unpaired) electrons. The van der Waals surface area contributed by atoms with E-state index in [0.717, 1.165) is 4.90 Å². The molecule has 0 aliphatic rings. The van der Waals surface area contributed by atoms with Crippen LogP contribution in [-0.4, -0.2) is 56.6 Å². The van der Waals surface area contributed by atoms with Gasteiger partial charge in [0.1, 0.15) is 58.4 Å². The van der Waals surface area contributed by atoms with Crippen molar-refractivity contribution < 1.29 is 37.7 Å². The molecule has 4 aromatic carbocycles. The molecule has 13 nitrogen and oxygen atoms in total. The van der Waals surface area contributed by atoms with E-state index in [0.29, 0.717) is 51.1 Å². The number of aromatic nitrogens is 3. The number of nitrogens with zero attached hydrogens (tertiary/aromatic N) is 4. The predicted octanol–water partition coefficient (Wildman–Crippen LogP) is 7.68. The standard InChI is InChI=1S/C46H37F2N7O6/c47-32-13-21-36(22-14-32)60-34-17-9-30(10-18-34)38-5-1-7-42(51-38)54-44(57)41(26-29-4-3-25-50-27-29)55(45(58)40(28-56)53-46(49)59)43-8-2-6-39(52-43)31-11-19-35(20-12-31)61-37-23-15-33(48)16-24-37/h1-25,27,40-41,56H,26,28H2,(H3,49,53,59)(H,51,54,57)/t40-,41-/m0/s1. The van der Waals surface area contributed by atoms with Crippen molar-refractivity contribution in [2.75, 3.05) is 16.8 Å². The second-order valence-corrected chi connectivity index (χ2v) is 13.5. The van der Waals surface area contributed by atoms with Gasteiger partial charge in [0.25, 0.3) is 5.91 Å². The van der Waals surface area contributed by atoms with Gasteiger partial charge < -0.3 is 30.9 Å². The summed E-state index contributed by atoms with van der Waals surface area (Å²) in [5.41, 5.74) is 8.23. The summed E-state index contributed by atoms with van der Waals surface area (Å²) < 4.78 is 38.4. The second-order valence-electron chi connectivity index (χ2n) is 13.5. The number of pyridine rings is 3. The first-order chi connectivity index (χ1) is 29.6. The molecular formula is C46H37F2N7O6. The lowest BCUT2D eigenvalue weighted by Gasteiger charge is -2.33. The van der Waals surface area contributed by atoms with Crippen LogP contribution in [0.3, 0.4) is 0 Å². The van der Waals surface area contributed by atoms with Crippen LogP contribution in [-0.2, 0) is 16.0 Å². The molecular weight excluding hydrogens is 785 g/mol. The molecule has 0 unspecified atom stereocenters. The van der Waals surface area contributed by atoms with Gasteiger partial charge in [0.15, 0.2) is 0 Å². The second kappa shape index (κ2) is 19.1. The summed E-state index contributed by atoms with van der Waals surface area (Å²) in [6, 6.07) is 34.5. The van der Waals surface area contributed by atoms with E-state index in [-0.39, 0.29) is 23.9 Å². The Morgan fingerprint density at radius 2 is 1.20 bits per heavy atom. The molecule has 0 aliphatic heterocycles. The fourth-order valence-corrected chi connectivity index (χ4v) is 6.25. The highest BCUT2D eigenvalue weighted by Crippen LogP contribution is 2.29. The maximum Gasteiger partial charge on any atom is 0.312 e. The van der Waals surface area contributed by atoms with Crippen LogP contribution < -0.4 is 30.7 Å². The number of aliphatic hydroxyl groups is 1. The summed E-state index contributed by atoms with van der Waals surface area (Å²) in [6.45, 7) is -0.841. The molecule has 0 saturated carbocycles. The van der Waals surface area contributed by atoms with E-state index >= 15 is 0 Å². The average molecular weight is 822 g/mol. The van der Waals surface area contributed by atoms with Crippen LogP contribution in [0.4, 0.5) is 25.2 Å². The Kier molecular flexibility index (Phi) is 12.9. The molecule has 3 heterocycles. The molecule has 15 heteroatoms. The average Bonchev–Trinajstić information content (AvgIpc) is 3.28. The van der Waals surface area contributed by atoms with Crippen LogP contribution in [0.25, 0.3) is 22.5 Å². The summed E-state index contributed by atoms with van der Waals surface area (Å²) >= 11 is 0. The Morgan fingerprint density at radius 1 is 0.672 bits per heavy atom. The Morgan fingerprint density at radius 3 is 1.70 bits per heavy atom. The number of primary amides is 1. The third-order valence-electron chi connectivity index (χ3n) is 9.18. The lowest BCUT2D eigenvalue weighted by molar-refractivity contribution is -0.125. The third kappa shape index (κ3) is 10.7. The summed E-state index contributed by atoms with van der Waals surface area (Å²) in [6.07, 6.45) is 3.05. The van der Waals surface area contributed by atoms with Crippen molar-refractivity contribution in [2.24, 2.45) is 5.73 Å². The minimum absolute atomic E-state index is 0.0209. The van der Waals surface area contributed by atoms with Gasteiger partial charge in [0.2, 0.25) is 5.91 Å². The first kappa shape index (κ1) is 41.1. The summed E-state index contributed by atoms with van der Waals surface area (Å²) in [7, 11) is 0. The number of carbonyl (C=O) groups is 3. The Balaban J connectivity index is 1.19. The van der Waals surface area contributed by atoms with Gasteiger partial charge in [-0.25, -0.2) is 23.5 Å². The van der Waals surface area contributed by atoms with Crippen molar-refractivity contribution in [1.29, 1.82) is 0 Å².